The Hall–Kier alpha value is -1.82. The Labute approximate surface area is 123 Å². The van der Waals surface area contributed by atoms with Gasteiger partial charge in [0.25, 0.3) is 0 Å². The van der Waals surface area contributed by atoms with E-state index in [0.29, 0.717) is 24.1 Å². The van der Waals surface area contributed by atoms with E-state index in [2.05, 4.69) is 20.6 Å². The molecule has 0 aromatic carbocycles. The van der Waals surface area contributed by atoms with Gasteiger partial charge in [0.05, 0.1) is 10.7 Å². The third-order valence-electron chi connectivity index (χ3n) is 2.45. The van der Waals surface area contributed by atoms with E-state index >= 15 is 0 Å². The summed E-state index contributed by atoms with van der Waals surface area (Å²) in [6.45, 7) is 3.29. The van der Waals surface area contributed by atoms with Gasteiger partial charge in [0, 0.05) is 19.3 Å². The molecule has 0 saturated heterocycles. The number of amides is 2. The number of nitrogens with two attached hydrogens (primary N) is 1. The van der Waals surface area contributed by atoms with Crippen LogP contribution in [0.4, 0.5) is 4.79 Å². The number of rotatable bonds is 6. The molecular formula is C13H20ClN5O. The van der Waals surface area contributed by atoms with Crippen LogP contribution in [0.2, 0.25) is 5.02 Å². The summed E-state index contributed by atoms with van der Waals surface area (Å²) in [5, 5.41) is 6.17. The lowest BCUT2D eigenvalue weighted by atomic mass is 10.2. The number of nitrogens with one attached hydrogen (secondary N) is 2. The number of halogens is 1. The van der Waals surface area contributed by atoms with Crippen molar-refractivity contribution < 1.29 is 4.79 Å². The minimum Gasteiger partial charge on any atom is -0.356 e. The SMILES string of the molecule is CCCN=C(NCCCc1ncccc1Cl)NC(N)=O. The number of hydrogen-bond donors (Lipinski definition) is 3. The third-order valence-corrected chi connectivity index (χ3v) is 2.80. The van der Waals surface area contributed by atoms with Crippen LogP contribution in [-0.2, 0) is 6.42 Å². The molecule has 0 unspecified atom stereocenters. The van der Waals surface area contributed by atoms with Crippen molar-refractivity contribution in [1.82, 2.24) is 15.6 Å². The molecule has 0 bridgehead atoms. The zero-order chi connectivity index (χ0) is 14.8. The number of aliphatic imine (C=N–C) groups is 1. The standard InChI is InChI=1S/C13H20ClN5O/c1-2-7-17-13(19-12(15)20)18-9-4-6-11-10(14)5-3-8-16-11/h3,5,8H,2,4,6-7,9H2,1H3,(H4,15,17,18,19,20). The Morgan fingerprint density at radius 1 is 1.55 bits per heavy atom. The third kappa shape index (κ3) is 6.38. The van der Waals surface area contributed by atoms with Crippen molar-refractivity contribution in [2.75, 3.05) is 13.1 Å². The van der Waals surface area contributed by atoms with Gasteiger partial charge in [0.1, 0.15) is 0 Å². The van der Waals surface area contributed by atoms with Gasteiger partial charge in [0.2, 0.25) is 0 Å². The summed E-state index contributed by atoms with van der Waals surface area (Å²) in [7, 11) is 0. The smallest absolute Gasteiger partial charge is 0.318 e. The molecule has 0 spiro atoms. The number of guanidine groups is 1. The highest BCUT2D eigenvalue weighted by atomic mass is 35.5. The lowest BCUT2D eigenvalue weighted by molar-refractivity contribution is 0.253. The van der Waals surface area contributed by atoms with Crippen LogP contribution in [0.25, 0.3) is 0 Å². The average molecular weight is 298 g/mol. The Balaban J connectivity index is 2.37. The molecule has 0 radical (unpaired) electrons. The topological polar surface area (TPSA) is 92.4 Å². The number of urea groups is 1. The normalized spacial score (nSPS) is 11.2. The van der Waals surface area contributed by atoms with Crippen molar-refractivity contribution in [2.45, 2.75) is 26.2 Å². The van der Waals surface area contributed by atoms with Crippen LogP contribution in [0.15, 0.2) is 23.3 Å². The maximum absolute atomic E-state index is 10.8. The second kappa shape index (κ2) is 9.14. The fourth-order valence-corrected chi connectivity index (χ4v) is 1.76. The van der Waals surface area contributed by atoms with Crippen molar-refractivity contribution in [2.24, 2.45) is 10.7 Å². The van der Waals surface area contributed by atoms with Crippen LogP contribution >= 0.6 is 11.6 Å². The molecule has 0 aliphatic heterocycles. The Bertz CT molecular complexity index is 464. The predicted molar refractivity (Wildman–Crippen MR) is 80.9 cm³/mol. The summed E-state index contributed by atoms with van der Waals surface area (Å²) < 4.78 is 0. The van der Waals surface area contributed by atoms with E-state index in [4.69, 9.17) is 17.3 Å². The lowest BCUT2D eigenvalue weighted by Crippen LogP contribution is -2.44. The monoisotopic (exact) mass is 297 g/mol. The summed E-state index contributed by atoms with van der Waals surface area (Å²) in [6, 6.07) is 3.00. The van der Waals surface area contributed by atoms with Crippen molar-refractivity contribution >= 4 is 23.6 Å². The highest BCUT2D eigenvalue weighted by Crippen LogP contribution is 2.13. The number of carbonyl (C=O) groups excluding carboxylic acids is 1. The molecule has 1 rings (SSSR count). The molecule has 0 aliphatic carbocycles. The zero-order valence-electron chi connectivity index (χ0n) is 11.5. The molecule has 0 saturated carbocycles. The Morgan fingerprint density at radius 2 is 2.35 bits per heavy atom. The number of nitrogens with zero attached hydrogens (tertiary/aromatic N) is 2. The molecule has 1 heterocycles. The van der Waals surface area contributed by atoms with Crippen molar-refractivity contribution in [1.29, 1.82) is 0 Å². The fraction of sp³-hybridized carbons (Fsp3) is 0.462. The van der Waals surface area contributed by atoms with Gasteiger partial charge in [-0.2, -0.15) is 0 Å². The molecule has 2 amide bonds. The summed E-state index contributed by atoms with van der Waals surface area (Å²) in [4.78, 5) is 19.2. The van der Waals surface area contributed by atoms with Crippen LogP contribution in [-0.4, -0.2) is 30.1 Å². The molecular weight excluding hydrogens is 278 g/mol. The maximum Gasteiger partial charge on any atom is 0.318 e. The van der Waals surface area contributed by atoms with Gasteiger partial charge in [-0.05, 0) is 31.4 Å². The van der Waals surface area contributed by atoms with Crippen LogP contribution in [0, 0.1) is 0 Å². The van der Waals surface area contributed by atoms with E-state index < -0.39 is 6.03 Å². The van der Waals surface area contributed by atoms with Gasteiger partial charge in [-0.15, -0.1) is 0 Å². The zero-order valence-corrected chi connectivity index (χ0v) is 12.3. The average Bonchev–Trinajstić information content (AvgIpc) is 2.41. The molecule has 20 heavy (non-hydrogen) atoms. The minimum atomic E-state index is -0.625. The van der Waals surface area contributed by atoms with Crippen LogP contribution in [0.3, 0.4) is 0 Å². The van der Waals surface area contributed by atoms with Gasteiger partial charge in [-0.3, -0.25) is 15.3 Å². The Morgan fingerprint density at radius 3 is 3.00 bits per heavy atom. The number of hydrogen-bond acceptors (Lipinski definition) is 3. The fourth-order valence-electron chi connectivity index (χ4n) is 1.54. The first-order valence-corrected chi connectivity index (χ1v) is 6.95. The summed E-state index contributed by atoms with van der Waals surface area (Å²) in [6.07, 6.45) is 4.19. The number of aromatic nitrogens is 1. The van der Waals surface area contributed by atoms with Gasteiger partial charge < -0.3 is 11.1 Å². The van der Waals surface area contributed by atoms with Gasteiger partial charge in [-0.1, -0.05) is 18.5 Å². The molecule has 110 valence electrons. The van der Waals surface area contributed by atoms with E-state index in [1.807, 2.05) is 13.0 Å². The van der Waals surface area contributed by atoms with Gasteiger partial charge in [0.15, 0.2) is 5.96 Å². The number of carbonyl (C=O) groups is 1. The van der Waals surface area contributed by atoms with E-state index in [1.165, 1.54) is 0 Å². The molecule has 1 aromatic rings. The van der Waals surface area contributed by atoms with Gasteiger partial charge in [-0.25, -0.2) is 4.79 Å². The summed E-state index contributed by atoms with van der Waals surface area (Å²) in [5.41, 5.74) is 5.95. The first-order valence-electron chi connectivity index (χ1n) is 6.57. The second-order valence-electron chi connectivity index (χ2n) is 4.18. The van der Waals surface area contributed by atoms with Crippen LogP contribution in [0.5, 0.6) is 0 Å². The molecule has 0 atom stereocenters. The minimum absolute atomic E-state index is 0.409. The van der Waals surface area contributed by atoms with E-state index in [-0.39, 0.29) is 0 Å². The lowest BCUT2D eigenvalue weighted by Gasteiger charge is -2.10. The van der Waals surface area contributed by atoms with Crippen LogP contribution in [0.1, 0.15) is 25.5 Å². The quantitative estimate of drug-likeness (QED) is 0.424. The highest BCUT2D eigenvalue weighted by Gasteiger charge is 2.03. The number of aryl methyl sites for hydroxylation is 1. The summed E-state index contributed by atoms with van der Waals surface area (Å²) >= 11 is 6.02. The Kier molecular flexibility index (Phi) is 7.42. The van der Waals surface area contributed by atoms with Crippen LogP contribution < -0.4 is 16.4 Å². The molecule has 0 fully saturated rings. The maximum atomic E-state index is 10.8. The number of pyridine rings is 1. The van der Waals surface area contributed by atoms with E-state index in [1.54, 1.807) is 12.3 Å². The van der Waals surface area contributed by atoms with E-state index in [9.17, 15) is 4.79 Å². The highest BCUT2D eigenvalue weighted by molar-refractivity contribution is 6.31. The summed E-state index contributed by atoms with van der Waals surface area (Å²) in [5.74, 6) is 0.409. The van der Waals surface area contributed by atoms with Crippen molar-refractivity contribution in [3.63, 3.8) is 0 Å². The van der Waals surface area contributed by atoms with Crippen molar-refractivity contribution in [3.8, 4) is 0 Å². The first-order chi connectivity index (χ1) is 9.63. The number of primary amides is 1. The molecule has 1 aromatic heterocycles. The molecule has 0 aliphatic rings. The van der Waals surface area contributed by atoms with Gasteiger partial charge >= 0.3 is 6.03 Å². The van der Waals surface area contributed by atoms with Crippen molar-refractivity contribution in [3.05, 3.63) is 29.0 Å². The molecule has 7 heteroatoms. The first kappa shape index (κ1) is 16.2. The van der Waals surface area contributed by atoms with E-state index in [0.717, 1.165) is 25.0 Å². The molecule has 6 nitrogen and oxygen atoms in total. The predicted octanol–water partition coefficient (Wildman–Crippen LogP) is 1.69. The largest absolute Gasteiger partial charge is 0.356 e. The molecule has 4 N–H and O–H groups in total. The second-order valence-corrected chi connectivity index (χ2v) is 4.59.